The summed E-state index contributed by atoms with van der Waals surface area (Å²) in [7, 11) is 0. The number of aryl methyl sites for hydroxylation is 1. The van der Waals surface area contributed by atoms with Crippen molar-refractivity contribution in [2.75, 3.05) is 4.90 Å². The molecule has 0 aliphatic heterocycles. The van der Waals surface area contributed by atoms with E-state index in [4.69, 9.17) is 0 Å². The number of para-hydroxylation sites is 2. The lowest BCUT2D eigenvalue weighted by atomic mass is 9.73. The molecule has 1 heteroatoms. The summed E-state index contributed by atoms with van der Waals surface area (Å²) in [5.74, 6) is 0. The normalized spacial score (nSPS) is 12.8. The van der Waals surface area contributed by atoms with E-state index >= 15 is 0 Å². The summed E-state index contributed by atoms with van der Waals surface area (Å²) < 4.78 is 0. The van der Waals surface area contributed by atoms with Crippen LogP contribution in [0.5, 0.6) is 0 Å². The summed E-state index contributed by atoms with van der Waals surface area (Å²) in [5, 5.41) is 0. The molecular weight excluding hydrogens is 615 g/mol. The van der Waals surface area contributed by atoms with Gasteiger partial charge in [-0.05, 0) is 123 Å². The molecule has 0 amide bonds. The maximum Gasteiger partial charge on any atom is 0.0465 e. The van der Waals surface area contributed by atoms with Crippen molar-refractivity contribution in [1.82, 2.24) is 0 Å². The Balaban J connectivity index is 1.09. The molecule has 1 nitrogen and oxygen atoms in total. The van der Waals surface area contributed by atoms with Crippen LogP contribution in [0.1, 0.15) is 54.5 Å². The van der Waals surface area contributed by atoms with Gasteiger partial charge in [-0.2, -0.15) is 0 Å². The first-order chi connectivity index (χ1) is 25.1. The summed E-state index contributed by atoms with van der Waals surface area (Å²) in [6.07, 6.45) is 6.61. The quantitative estimate of drug-likeness (QED) is 0.140. The molecule has 248 valence electrons. The Kier molecular flexibility index (Phi) is 8.72. The van der Waals surface area contributed by atoms with E-state index in [2.05, 4.69) is 208 Å². The van der Waals surface area contributed by atoms with Gasteiger partial charge in [0.05, 0.1) is 0 Å². The molecule has 0 bridgehead atoms. The number of hydrogen-bond donors (Lipinski definition) is 0. The van der Waals surface area contributed by atoms with Gasteiger partial charge in [0.2, 0.25) is 0 Å². The van der Waals surface area contributed by atoms with Gasteiger partial charge in [0.25, 0.3) is 0 Å². The van der Waals surface area contributed by atoms with Crippen LogP contribution in [0.2, 0.25) is 0 Å². The van der Waals surface area contributed by atoms with Gasteiger partial charge in [-0.3, -0.25) is 0 Å². The smallest absolute Gasteiger partial charge is 0.0465 e. The fraction of sp³-hybridized carbons (Fsp3) is 0.120. The number of rotatable bonds is 9. The molecule has 1 aliphatic rings. The van der Waals surface area contributed by atoms with Gasteiger partial charge < -0.3 is 4.90 Å². The third-order valence-corrected chi connectivity index (χ3v) is 10.9. The molecular formula is C50H43N. The molecule has 0 saturated heterocycles. The van der Waals surface area contributed by atoms with Gasteiger partial charge in [0.1, 0.15) is 0 Å². The molecule has 0 unspecified atom stereocenters. The second-order valence-electron chi connectivity index (χ2n) is 13.7. The zero-order valence-electron chi connectivity index (χ0n) is 29.7. The van der Waals surface area contributed by atoms with Crippen LogP contribution in [-0.2, 0) is 5.41 Å². The summed E-state index contributed by atoms with van der Waals surface area (Å²) in [6.45, 7) is 6.89. The molecule has 7 aromatic rings. The average molecular weight is 658 g/mol. The number of fused-ring (bicyclic) bond motifs is 3. The minimum absolute atomic E-state index is 0.0443. The molecule has 8 rings (SSSR count). The SMILES string of the molecule is CCC1(CC)c2cc(/C=C/c3ccc(-c4cc(-c5ccccc5)ccc4C)cc3)ccc2-c2ccc(N(c3ccccc3)c3ccccc3)cc21. The number of benzene rings is 7. The van der Waals surface area contributed by atoms with Crippen LogP contribution in [0.3, 0.4) is 0 Å². The van der Waals surface area contributed by atoms with E-state index < -0.39 is 0 Å². The predicted octanol–water partition coefficient (Wildman–Crippen LogP) is 14.1. The third-order valence-electron chi connectivity index (χ3n) is 10.9. The molecule has 0 aromatic heterocycles. The third kappa shape index (κ3) is 6.00. The predicted molar refractivity (Wildman–Crippen MR) is 219 cm³/mol. The minimum atomic E-state index is -0.0443. The molecule has 0 heterocycles. The maximum absolute atomic E-state index is 2.46. The first-order valence-electron chi connectivity index (χ1n) is 18.2. The zero-order chi connectivity index (χ0) is 34.8. The van der Waals surface area contributed by atoms with Crippen molar-refractivity contribution in [2.45, 2.75) is 39.0 Å². The Morgan fingerprint density at radius 1 is 0.431 bits per heavy atom. The monoisotopic (exact) mass is 657 g/mol. The molecule has 0 spiro atoms. The van der Waals surface area contributed by atoms with Crippen LogP contribution in [0, 0.1) is 6.92 Å². The fourth-order valence-corrected chi connectivity index (χ4v) is 8.07. The van der Waals surface area contributed by atoms with Crippen molar-refractivity contribution >= 4 is 29.2 Å². The Labute approximate surface area is 303 Å². The van der Waals surface area contributed by atoms with Crippen molar-refractivity contribution in [3.8, 4) is 33.4 Å². The Morgan fingerprint density at radius 2 is 0.961 bits per heavy atom. The molecule has 0 saturated carbocycles. The van der Waals surface area contributed by atoms with Crippen LogP contribution >= 0.6 is 0 Å². The molecule has 0 radical (unpaired) electrons. The van der Waals surface area contributed by atoms with Gasteiger partial charge in [-0.25, -0.2) is 0 Å². The zero-order valence-corrected chi connectivity index (χ0v) is 29.7. The van der Waals surface area contributed by atoms with Gasteiger partial charge in [0, 0.05) is 22.5 Å². The van der Waals surface area contributed by atoms with Crippen LogP contribution in [0.15, 0.2) is 170 Å². The maximum atomic E-state index is 2.46. The topological polar surface area (TPSA) is 3.24 Å². The average Bonchev–Trinajstić information content (AvgIpc) is 3.47. The van der Waals surface area contributed by atoms with Gasteiger partial charge in [0.15, 0.2) is 0 Å². The second kappa shape index (κ2) is 13.8. The van der Waals surface area contributed by atoms with Crippen molar-refractivity contribution in [3.05, 3.63) is 198 Å². The number of hydrogen-bond acceptors (Lipinski definition) is 1. The Morgan fingerprint density at radius 3 is 1.59 bits per heavy atom. The highest BCUT2D eigenvalue weighted by Crippen LogP contribution is 2.54. The lowest BCUT2D eigenvalue weighted by molar-refractivity contribution is 0.490. The number of nitrogens with zero attached hydrogens (tertiary/aromatic N) is 1. The summed E-state index contributed by atoms with van der Waals surface area (Å²) >= 11 is 0. The van der Waals surface area contributed by atoms with E-state index in [0.29, 0.717) is 0 Å². The van der Waals surface area contributed by atoms with E-state index in [9.17, 15) is 0 Å². The lowest BCUT2D eigenvalue weighted by Crippen LogP contribution is -2.23. The summed E-state index contributed by atoms with van der Waals surface area (Å²) in [5.41, 5.74) is 17.8. The van der Waals surface area contributed by atoms with Gasteiger partial charge in [-0.15, -0.1) is 0 Å². The van der Waals surface area contributed by atoms with Crippen LogP contribution in [-0.4, -0.2) is 0 Å². The molecule has 51 heavy (non-hydrogen) atoms. The van der Waals surface area contributed by atoms with Crippen molar-refractivity contribution in [2.24, 2.45) is 0 Å². The van der Waals surface area contributed by atoms with Gasteiger partial charge in [-0.1, -0.05) is 153 Å². The highest BCUT2D eigenvalue weighted by Gasteiger charge is 2.41. The molecule has 0 N–H and O–H groups in total. The first kappa shape index (κ1) is 32.3. The molecule has 0 atom stereocenters. The Bertz CT molecular complexity index is 2270. The molecule has 0 fully saturated rings. The van der Waals surface area contributed by atoms with E-state index in [1.54, 1.807) is 0 Å². The van der Waals surface area contributed by atoms with E-state index in [0.717, 1.165) is 24.2 Å². The second-order valence-corrected chi connectivity index (χ2v) is 13.7. The largest absolute Gasteiger partial charge is 0.310 e. The minimum Gasteiger partial charge on any atom is -0.310 e. The van der Waals surface area contributed by atoms with Crippen molar-refractivity contribution in [1.29, 1.82) is 0 Å². The van der Waals surface area contributed by atoms with Crippen LogP contribution < -0.4 is 4.90 Å². The highest BCUT2D eigenvalue weighted by molar-refractivity contribution is 5.87. The first-order valence-corrected chi connectivity index (χ1v) is 18.2. The van der Waals surface area contributed by atoms with Crippen LogP contribution in [0.25, 0.3) is 45.5 Å². The fourth-order valence-electron chi connectivity index (χ4n) is 8.07. The summed E-state index contributed by atoms with van der Waals surface area (Å²) in [6, 6.07) is 61.9. The van der Waals surface area contributed by atoms with Crippen molar-refractivity contribution in [3.63, 3.8) is 0 Å². The molecule has 1 aliphatic carbocycles. The standard InChI is InChI=1S/C50H43N/c1-4-50(5-2)48-33-38(23-22-37-24-28-40(29-25-37)47-34-41(27-21-36(47)3)39-15-9-6-10-16-39)26-31-45(48)46-32-30-44(35-49(46)50)51(42-17-11-7-12-18-42)43-19-13-8-14-20-43/h6-35H,4-5H2,1-3H3/b23-22+. The van der Waals surface area contributed by atoms with E-state index in [1.165, 1.54) is 66.9 Å². The highest BCUT2D eigenvalue weighted by atomic mass is 15.1. The Hall–Kier alpha value is -5.92. The van der Waals surface area contributed by atoms with Crippen LogP contribution in [0.4, 0.5) is 17.1 Å². The van der Waals surface area contributed by atoms with E-state index in [1.807, 2.05) is 0 Å². The summed E-state index contributed by atoms with van der Waals surface area (Å²) in [4.78, 5) is 2.38. The van der Waals surface area contributed by atoms with Crippen molar-refractivity contribution < 1.29 is 0 Å². The van der Waals surface area contributed by atoms with Gasteiger partial charge >= 0.3 is 0 Å². The van der Waals surface area contributed by atoms with E-state index in [-0.39, 0.29) is 5.41 Å². The number of anilines is 3. The lowest BCUT2D eigenvalue weighted by Gasteiger charge is -2.32. The molecule has 7 aromatic carbocycles.